The van der Waals surface area contributed by atoms with Gasteiger partial charge in [0, 0.05) is 23.2 Å². The molecular formula is C18H20FN3O3S. The molecule has 1 aliphatic heterocycles. The van der Waals surface area contributed by atoms with Crippen LogP contribution in [0.5, 0.6) is 0 Å². The Morgan fingerprint density at radius 3 is 2.92 bits per heavy atom. The average Bonchev–Trinajstić information content (AvgIpc) is 3.09. The van der Waals surface area contributed by atoms with Crippen molar-refractivity contribution in [2.45, 2.75) is 32.4 Å². The fourth-order valence-electron chi connectivity index (χ4n) is 2.87. The van der Waals surface area contributed by atoms with Crippen molar-refractivity contribution in [1.82, 2.24) is 15.2 Å². The van der Waals surface area contributed by atoms with Gasteiger partial charge in [-0.05, 0) is 31.5 Å². The Kier molecular flexibility index (Phi) is 5.31. The molecular weight excluding hydrogens is 357 g/mol. The van der Waals surface area contributed by atoms with Crippen LogP contribution in [-0.4, -0.2) is 45.4 Å². The lowest BCUT2D eigenvalue weighted by atomic mass is 10.1. The molecule has 2 unspecified atom stereocenters. The van der Waals surface area contributed by atoms with Gasteiger partial charge in [0.2, 0.25) is 11.5 Å². The number of nitrogens with one attached hydrogen (secondary N) is 2. The van der Waals surface area contributed by atoms with Gasteiger partial charge >= 0.3 is 0 Å². The van der Waals surface area contributed by atoms with Gasteiger partial charge in [-0.2, -0.15) is 0 Å². The van der Waals surface area contributed by atoms with E-state index in [1.807, 2.05) is 13.8 Å². The molecule has 2 aromatic rings. The van der Waals surface area contributed by atoms with E-state index in [4.69, 9.17) is 0 Å². The summed E-state index contributed by atoms with van der Waals surface area (Å²) in [6.07, 6.45) is 0.795. The number of nitrogens with zero attached hydrogens (tertiary/aromatic N) is 1. The van der Waals surface area contributed by atoms with E-state index in [1.54, 1.807) is 0 Å². The Balaban J connectivity index is 1.95. The van der Waals surface area contributed by atoms with Crippen molar-refractivity contribution in [1.29, 1.82) is 0 Å². The highest BCUT2D eigenvalue weighted by molar-refractivity contribution is 7.99. The number of pyridine rings is 1. The molecule has 0 spiro atoms. The quantitative estimate of drug-likeness (QED) is 0.855. The normalized spacial score (nSPS) is 18.1. The van der Waals surface area contributed by atoms with Crippen LogP contribution >= 0.6 is 11.8 Å². The third kappa shape index (κ3) is 3.60. The van der Waals surface area contributed by atoms with Crippen LogP contribution < -0.4 is 10.9 Å². The van der Waals surface area contributed by atoms with Crippen LogP contribution in [0.15, 0.2) is 29.1 Å². The van der Waals surface area contributed by atoms with Crippen molar-refractivity contribution in [2.75, 3.05) is 11.6 Å². The summed E-state index contributed by atoms with van der Waals surface area (Å²) in [5.74, 6) is -0.225. The van der Waals surface area contributed by atoms with E-state index in [2.05, 4.69) is 10.3 Å². The van der Waals surface area contributed by atoms with Crippen molar-refractivity contribution < 1.29 is 14.0 Å². The number of aromatic nitrogens is 1. The predicted molar refractivity (Wildman–Crippen MR) is 99.7 cm³/mol. The van der Waals surface area contributed by atoms with E-state index in [0.29, 0.717) is 17.0 Å². The van der Waals surface area contributed by atoms with Gasteiger partial charge in [0.25, 0.3) is 5.91 Å². The fourth-order valence-corrected chi connectivity index (χ4v) is 4.02. The third-order valence-corrected chi connectivity index (χ3v) is 5.49. The molecule has 2 amide bonds. The van der Waals surface area contributed by atoms with E-state index < -0.39 is 23.3 Å². The zero-order chi connectivity index (χ0) is 18.8. The minimum Gasteiger partial charge on any atom is -0.352 e. The first-order chi connectivity index (χ1) is 12.4. The zero-order valence-corrected chi connectivity index (χ0v) is 15.4. The summed E-state index contributed by atoms with van der Waals surface area (Å²) in [6.45, 7) is 3.88. The monoisotopic (exact) mass is 377 g/mol. The van der Waals surface area contributed by atoms with Crippen LogP contribution in [0.2, 0.25) is 0 Å². The van der Waals surface area contributed by atoms with E-state index in [9.17, 15) is 18.8 Å². The first-order valence-corrected chi connectivity index (χ1v) is 9.58. The van der Waals surface area contributed by atoms with Gasteiger partial charge in [-0.25, -0.2) is 4.39 Å². The molecule has 1 saturated heterocycles. The van der Waals surface area contributed by atoms with Gasteiger partial charge in [-0.1, -0.05) is 6.92 Å². The van der Waals surface area contributed by atoms with Gasteiger partial charge in [0.15, 0.2) is 0 Å². The second-order valence-electron chi connectivity index (χ2n) is 6.35. The zero-order valence-electron chi connectivity index (χ0n) is 14.5. The third-order valence-electron chi connectivity index (χ3n) is 4.48. The summed E-state index contributed by atoms with van der Waals surface area (Å²) in [5, 5.41) is 3.35. The second kappa shape index (κ2) is 7.49. The van der Waals surface area contributed by atoms with Crippen molar-refractivity contribution in [3.8, 4) is 0 Å². The van der Waals surface area contributed by atoms with Crippen LogP contribution in [0.4, 0.5) is 4.39 Å². The lowest BCUT2D eigenvalue weighted by Crippen LogP contribution is -2.49. The molecule has 138 valence electrons. The molecule has 1 aromatic carbocycles. The van der Waals surface area contributed by atoms with Crippen LogP contribution in [0.3, 0.4) is 0 Å². The maximum Gasteiger partial charge on any atom is 0.256 e. The Hall–Kier alpha value is -2.35. The van der Waals surface area contributed by atoms with Crippen molar-refractivity contribution >= 4 is 34.5 Å². The molecule has 0 aliphatic carbocycles. The van der Waals surface area contributed by atoms with E-state index in [1.165, 1.54) is 40.9 Å². The molecule has 1 aliphatic rings. The number of carbonyl (C=O) groups is 2. The smallest absolute Gasteiger partial charge is 0.256 e. The number of hydrogen-bond donors (Lipinski definition) is 2. The molecule has 6 nitrogen and oxygen atoms in total. The minimum atomic E-state index is -0.587. The van der Waals surface area contributed by atoms with Gasteiger partial charge in [0.05, 0.1) is 17.0 Å². The first-order valence-electron chi connectivity index (χ1n) is 8.42. The number of rotatable bonds is 4. The fraction of sp³-hybridized carbons (Fsp3) is 0.389. The highest BCUT2D eigenvalue weighted by atomic mass is 32.2. The number of H-pyrrole nitrogens is 1. The Morgan fingerprint density at radius 1 is 1.42 bits per heavy atom. The maximum absolute atomic E-state index is 13.5. The highest BCUT2D eigenvalue weighted by Gasteiger charge is 2.36. The van der Waals surface area contributed by atoms with Crippen molar-refractivity contribution in [2.24, 2.45) is 0 Å². The largest absolute Gasteiger partial charge is 0.352 e. The molecule has 0 saturated carbocycles. The molecule has 0 bridgehead atoms. The van der Waals surface area contributed by atoms with Crippen LogP contribution in [0, 0.1) is 5.82 Å². The van der Waals surface area contributed by atoms with Crippen LogP contribution in [0.25, 0.3) is 10.9 Å². The summed E-state index contributed by atoms with van der Waals surface area (Å²) in [7, 11) is 0. The first kappa shape index (κ1) is 18.4. The van der Waals surface area contributed by atoms with Crippen LogP contribution in [0.1, 0.15) is 30.6 Å². The molecule has 1 fully saturated rings. The molecule has 2 atom stereocenters. The van der Waals surface area contributed by atoms with Gasteiger partial charge in [-0.3, -0.25) is 14.4 Å². The van der Waals surface area contributed by atoms with Crippen LogP contribution in [-0.2, 0) is 4.79 Å². The van der Waals surface area contributed by atoms with E-state index in [0.717, 1.165) is 6.42 Å². The number of halogens is 1. The number of thioether (sulfide) groups is 1. The summed E-state index contributed by atoms with van der Waals surface area (Å²) < 4.78 is 13.5. The van der Waals surface area contributed by atoms with Gasteiger partial charge in [-0.15, -0.1) is 11.8 Å². The van der Waals surface area contributed by atoms with Crippen molar-refractivity contribution in [3.63, 3.8) is 0 Å². The van der Waals surface area contributed by atoms with E-state index in [-0.39, 0.29) is 23.0 Å². The molecule has 26 heavy (non-hydrogen) atoms. The number of benzene rings is 1. The maximum atomic E-state index is 13.5. The second-order valence-corrected chi connectivity index (χ2v) is 7.35. The molecule has 8 heteroatoms. The molecule has 2 heterocycles. The number of amides is 2. The Morgan fingerprint density at radius 2 is 2.19 bits per heavy atom. The topological polar surface area (TPSA) is 82.3 Å². The Labute approximate surface area is 154 Å². The number of hydrogen-bond acceptors (Lipinski definition) is 4. The standard InChI is InChI=1S/C18H20FN3O3S/c1-3-10(2)20-17(24)15-8-26-9-22(15)18(25)13-7-16(23)21-14-6-11(19)4-5-12(13)14/h4-7,10,15H,3,8-9H2,1-2H3,(H,20,24)(H,21,23). The van der Waals surface area contributed by atoms with Gasteiger partial charge in [0.1, 0.15) is 11.9 Å². The molecule has 1 aromatic heterocycles. The molecule has 2 N–H and O–H groups in total. The highest BCUT2D eigenvalue weighted by Crippen LogP contribution is 2.26. The summed E-state index contributed by atoms with van der Waals surface area (Å²) >= 11 is 1.49. The summed E-state index contributed by atoms with van der Waals surface area (Å²) in [5.41, 5.74) is -0.0557. The lowest BCUT2D eigenvalue weighted by molar-refractivity contribution is -0.125. The SMILES string of the molecule is CCC(C)NC(=O)C1CSCN1C(=O)c1cc(=O)[nH]c2cc(F)ccc12. The number of aromatic amines is 1. The van der Waals surface area contributed by atoms with E-state index >= 15 is 0 Å². The van der Waals surface area contributed by atoms with Crippen molar-refractivity contribution in [3.05, 3.63) is 46.0 Å². The number of carbonyl (C=O) groups excluding carboxylic acids is 2. The Bertz CT molecular complexity index is 914. The predicted octanol–water partition coefficient (Wildman–Crippen LogP) is 2.10. The lowest BCUT2D eigenvalue weighted by Gasteiger charge is -2.25. The van der Waals surface area contributed by atoms with Gasteiger partial charge < -0.3 is 15.2 Å². The molecule has 0 radical (unpaired) electrons. The molecule has 3 rings (SSSR count). The minimum absolute atomic E-state index is 0.0217. The summed E-state index contributed by atoms with van der Waals surface area (Å²) in [4.78, 5) is 41.5. The summed E-state index contributed by atoms with van der Waals surface area (Å²) in [6, 6.07) is 4.52. The number of fused-ring (bicyclic) bond motifs is 1. The average molecular weight is 377 g/mol.